The van der Waals surface area contributed by atoms with E-state index < -0.39 is 6.17 Å². The van der Waals surface area contributed by atoms with Gasteiger partial charge in [0.05, 0.1) is 0 Å². The molecule has 0 unspecified atom stereocenters. The molecule has 4 heteroatoms. The van der Waals surface area contributed by atoms with E-state index in [1.807, 2.05) is 0 Å². The number of hydrogen-bond acceptors (Lipinski definition) is 3. The van der Waals surface area contributed by atoms with Crippen molar-refractivity contribution in [2.75, 3.05) is 26.2 Å². The Labute approximate surface area is 106 Å². The summed E-state index contributed by atoms with van der Waals surface area (Å²) >= 11 is 1.74. The molecule has 2 fully saturated rings. The van der Waals surface area contributed by atoms with Gasteiger partial charge in [-0.25, -0.2) is 4.39 Å². The van der Waals surface area contributed by atoms with Crippen molar-refractivity contribution in [2.24, 2.45) is 5.41 Å². The number of alkyl halides is 1. The highest BCUT2D eigenvalue weighted by Gasteiger charge is 2.46. The van der Waals surface area contributed by atoms with Gasteiger partial charge in [0.1, 0.15) is 6.17 Å². The summed E-state index contributed by atoms with van der Waals surface area (Å²) in [5.74, 6) is 0. The third kappa shape index (κ3) is 2.26. The van der Waals surface area contributed by atoms with Crippen LogP contribution in [0.25, 0.3) is 0 Å². The number of nitrogens with one attached hydrogen (secondary N) is 1. The monoisotopic (exact) mass is 254 g/mol. The Morgan fingerprint density at radius 2 is 2.53 bits per heavy atom. The lowest BCUT2D eigenvalue weighted by Gasteiger charge is -2.37. The van der Waals surface area contributed by atoms with Gasteiger partial charge in [-0.2, -0.15) is 11.3 Å². The van der Waals surface area contributed by atoms with Crippen LogP contribution in [0.4, 0.5) is 4.39 Å². The summed E-state index contributed by atoms with van der Waals surface area (Å²) in [4.78, 5) is 2.40. The standard InChI is InChI=1S/C13H19FN2S/c14-12-1-4-15-9-13(12)3-5-16(10-13)7-11-2-6-17-8-11/h2,6,8,12,15H,1,3-5,7,9-10H2/t12-,13-/m0/s1. The van der Waals surface area contributed by atoms with Crippen molar-refractivity contribution in [1.82, 2.24) is 10.2 Å². The number of rotatable bonds is 2. The smallest absolute Gasteiger partial charge is 0.109 e. The van der Waals surface area contributed by atoms with Crippen LogP contribution in [-0.4, -0.2) is 37.3 Å². The molecule has 2 saturated heterocycles. The summed E-state index contributed by atoms with van der Waals surface area (Å²) in [6.45, 7) is 4.63. The first kappa shape index (κ1) is 11.6. The van der Waals surface area contributed by atoms with Crippen LogP contribution in [-0.2, 0) is 6.54 Å². The highest BCUT2D eigenvalue weighted by Crippen LogP contribution is 2.39. The lowest BCUT2D eigenvalue weighted by Crippen LogP contribution is -2.49. The summed E-state index contributed by atoms with van der Waals surface area (Å²) in [6, 6.07) is 2.17. The zero-order valence-corrected chi connectivity index (χ0v) is 10.8. The third-order valence-corrected chi connectivity index (χ3v) is 4.90. The van der Waals surface area contributed by atoms with Gasteiger partial charge in [0.2, 0.25) is 0 Å². The van der Waals surface area contributed by atoms with E-state index >= 15 is 0 Å². The van der Waals surface area contributed by atoms with Gasteiger partial charge in [0.25, 0.3) is 0 Å². The van der Waals surface area contributed by atoms with Crippen molar-refractivity contribution in [1.29, 1.82) is 0 Å². The van der Waals surface area contributed by atoms with Crippen LogP contribution >= 0.6 is 11.3 Å². The highest BCUT2D eigenvalue weighted by molar-refractivity contribution is 7.07. The number of thiophene rings is 1. The van der Waals surface area contributed by atoms with Crippen molar-refractivity contribution in [3.05, 3.63) is 22.4 Å². The molecule has 2 atom stereocenters. The maximum Gasteiger partial charge on any atom is 0.109 e. The van der Waals surface area contributed by atoms with Crippen LogP contribution in [0.15, 0.2) is 16.8 Å². The van der Waals surface area contributed by atoms with E-state index in [2.05, 4.69) is 27.0 Å². The molecule has 2 aliphatic heterocycles. The quantitative estimate of drug-likeness (QED) is 0.871. The van der Waals surface area contributed by atoms with Crippen LogP contribution in [0.2, 0.25) is 0 Å². The average molecular weight is 254 g/mol. The van der Waals surface area contributed by atoms with Gasteiger partial charge in [0.15, 0.2) is 0 Å². The lowest BCUT2D eigenvalue weighted by atomic mass is 9.78. The number of halogens is 1. The summed E-state index contributed by atoms with van der Waals surface area (Å²) in [7, 11) is 0. The van der Waals surface area contributed by atoms with Crippen molar-refractivity contribution < 1.29 is 4.39 Å². The minimum absolute atomic E-state index is 0.103. The Bertz CT molecular complexity index is 368. The second kappa shape index (κ2) is 4.67. The van der Waals surface area contributed by atoms with E-state index in [1.165, 1.54) is 5.56 Å². The fraction of sp³-hybridized carbons (Fsp3) is 0.692. The Kier molecular flexibility index (Phi) is 3.19. The molecule has 0 radical (unpaired) electrons. The van der Waals surface area contributed by atoms with Crippen molar-refractivity contribution in [2.45, 2.75) is 25.6 Å². The number of nitrogens with zero attached hydrogens (tertiary/aromatic N) is 1. The second-order valence-corrected chi connectivity index (χ2v) is 6.17. The van der Waals surface area contributed by atoms with Gasteiger partial charge in [-0.15, -0.1) is 0 Å². The lowest BCUT2D eigenvalue weighted by molar-refractivity contribution is 0.0748. The number of hydrogen-bond donors (Lipinski definition) is 1. The molecule has 3 heterocycles. The van der Waals surface area contributed by atoms with Gasteiger partial charge in [-0.1, -0.05) is 0 Å². The van der Waals surface area contributed by atoms with E-state index in [9.17, 15) is 4.39 Å². The topological polar surface area (TPSA) is 15.3 Å². The summed E-state index contributed by atoms with van der Waals surface area (Å²) in [5, 5.41) is 7.67. The molecule has 1 aromatic rings. The van der Waals surface area contributed by atoms with E-state index in [0.717, 1.165) is 39.1 Å². The van der Waals surface area contributed by atoms with Crippen LogP contribution in [0.5, 0.6) is 0 Å². The zero-order valence-electron chi connectivity index (χ0n) is 9.99. The Morgan fingerprint density at radius 1 is 1.59 bits per heavy atom. The maximum absolute atomic E-state index is 14.1. The van der Waals surface area contributed by atoms with Crippen LogP contribution in [0.3, 0.4) is 0 Å². The van der Waals surface area contributed by atoms with Gasteiger partial charge in [-0.3, -0.25) is 4.90 Å². The van der Waals surface area contributed by atoms with Gasteiger partial charge in [0, 0.05) is 25.0 Å². The molecule has 0 amide bonds. The summed E-state index contributed by atoms with van der Waals surface area (Å²) in [6.07, 6.45) is 1.08. The van der Waals surface area contributed by atoms with Crippen LogP contribution in [0, 0.1) is 5.41 Å². The molecule has 1 aromatic heterocycles. The number of piperidine rings is 1. The maximum atomic E-state index is 14.1. The molecule has 2 nitrogen and oxygen atoms in total. The molecular formula is C13H19FN2S. The Balaban J connectivity index is 1.64. The first-order chi connectivity index (χ1) is 8.28. The van der Waals surface area contributed by atoms with Crippen LogP contribution < -0.4 is 5.32 Å². The van der Waals surface area contributed by atoms with Gasteiger partial charge >= 0.3 is 0 Å². The predicted molar refractivity (Wildman–Crippen MR) is 69.0 cm³/mol. The largest absolute Gasteiger partial charge is 0.316 e. The van der Waals surface area contributed by atoms with Crippen molar-refractivity contribution >= 4 is 11.3 Å². The van der Waals surface area contributed by atoms with E-state index in [4.69, 9.17) is 0 Å². The average Bonchev–Trinajstić information content (AvgIpc) is 2.95. The third-order valence-electron chi connectivity index (χ3n) is 4.17. The van der Waals surface area contributed by atoms with E-state index in [0.29, 0.717) is 6.42 Å². The zero-order chi connectivity index (χ0) is 11.7. The second-order valence-electron chi connectivity index (χ2n) is 5.39. The van der Waals surface area contributed by atoms with E-state index in [-0.39, 0.29) is 5.41 Å². The molecule has 94 valence electrons. The van der Waals surface area contributed by atoms with Crippen LogP contribution in [0.1, 0.15) is 18.4 Å². The predicted octanol–water partition coefficient (Wildman–Crippen LogP) is 2.27. The molecule has 0 bridgehead atoms. The molecule has 1 spiro atoms. The molecule has 0 saturated carbocycles. The minimum atomic E-state index is -0.615. The molecular weight excluding hydrogens is 235 g/mol. The normalized spacial score (nSPS) is 34.5. The van der Waals surface area contributed by atoms with E-state index in [1.54, 1.807) is 11.3 Å². The fourth-order valence-electron chi connectivity index (χ4n) is 3.14. The van der Waals surface area contributed by atoms with Gasteiger partial charge < -0.3 is 5.32 Å². The molecule has 17 heavy (non-hydrogen) atoms. The highest BCUT2D eigenvalue weighted by atomic mass is 32.1. The number of likely N-dealkylation sites (tertiary alicyclic amines) is 1. The van der Waals surface area contributed by atoms with Crippen molar-refractivity contribution in [3.8, 4) is 0 Å². The Hall–Kier alpha value is -0.450. The Morgan fingerprint density at radius 3 is 3.29 bits per heavy atom. The van der Waals surface area contributed by atoms with Gasteiger partial charge in [-0.05, 0) is 48.3 Å². The fourth-order valence-corrected chi connectivity index (χ4v) is 3.80. The summed E-state index contributed by atoms with van der Waals surface area (Å²) in [5.41, 5.74) is 1.26. The molecule has 0 aromatic carbocycles. The molecule has 1 N–H and O–H groups in total. The SMILES string of the molecule is F[C@H]1CCNC[C@]12CCN(Cc1ccsc1)C2. The molecule has 3 rings (SSSR count). The first-order valence-corrected chi connectivity index (χ1v) is 7.31. The summed E-state index contributed by atoms with van der Waals surface area (Å²) < 4.78 is 14.1. The van der Waals surface area contributed by atoms with Crippen molar-refractivity contribution in [3.63, 3.8) is 0 Å². The molecule has 0 aliphatic carbocycles. The minimum Gasteiger partial charge on any atom is -0.316 e. The first-order valence-electron chi connectivity index (χ1n) is 6.37. The molecule has 2 aliphatic rings.